The largest absolute Gasteiger partial charge is 1.00 e. The van der Waals surface area contributed by atoms with Gasteiger partial charge < -0.3 is 61.3 Å². The molecule has 1 aliphatic heterocycles. The quantitative estimate of drug-likeness (QED) is 0.142. The third kappa shape index (κ3) is 6.65. The molecule has 2 aromatic heterocycles. The molecule has 13 heteroatoms. The first-order chi connectivity index (χ1) is 24.1. The van der Waals surface area contributed by atoms with Crippen molar-refractivity contribution in [3.63, 3.8) is 0 Å². The Morgan fingerprint density at radius 3 is 1.90 bits per heavy atom. The van der Waals surface area contributed by atoms with Gasteiger partial charge in [0, 0.05) is 36.8 Å². The van der Waals surface area contributed by atoms with Gasteiger partial charge in [-0.2, -0.15) is 4.57 Å². The van der Waals surface area contributed by atoms with E-state index in [0.717, 1.165) is 58.5 Å². The van der Waals surface area contributed by atoms with Crippen LogP contribution in [0, 0.1) is 0 Å². The normalized spacial score (nSPS) is 11.3. The summed E-state index contributed by atoms with van der Waals surface area (Å²) in [7, 11) is 9.43. The van der Waals surface area contributed by atoms with E-state index in [-0.39, 0.29) is 63.6 Å². The van der Waals surface area contributed by atoms with Crippen molar-refractivity contribution in [1.82, 2.24) is 0 Å². The molecule has 0 amide bonds. The summed E-state index contributed by atoms with van der Waals surface area (Å²) in [5.74, 6) is 2.52. The lowest BCUT2D eigenvalue weighted by Gasteiger charge is -2.19. The number of phenols is 3. The number of phenolic OH excluding ortho intramolecular Hbond substituents is 3. The molecule has 12 nitrogen and oxygen atoms in total. The van der Waals surface area contributed by atoms with Crippen LogP contribution in [0.3, 0.4) is 0 Å². The first kappa shape index (κ1) is 36.3. The number of ether oxygens (including phenoxy) is 6. The molecule has 3 heterocycles. The van der Waals surface area contributed by atoms with Crippen LogP contribution < -0.4 is 45.4 Å². The van der Waals surface area contributed by atoms with E-state index in [0.29, 0.717) is 5.56 Å². The number of aromatic nitrogens is 1. The summed E-state index contributed by atoms with van der Waals surface area (Å²) in [4.78, 5) is 0. The zero-order valence-corrected chi connectivity index (χ0v) is 29.5. The monoisotopic (exact) mass is 718 g/mol. The van der Waals surface area contributed by atoms with E-state index in [4.69, 9.17) is 32.8 Å². The van der Waals surface area contributed by atoms with Gasteiger partial charge in [0.15, 0.2) is 47.2 Å². The minimum atomic E-state index is -0.238. The number of hydrogen-bond acceptors (Lipinski definition) is 10. The lowest BCUT2D eigenvalue weighted by Crippen LogP contribution is -3.00. The lowest BCUT2D eigenvalue weighted by molar-refractivity contribution is -0.686. The molecule has 0 atom stereocenters. The van der Waals surface area contributed by atoms with Crippen LogP contribution >= 0.6 is 0 Å². The van der Waals surface area contributed by atoms with E-state index in [9.17, 15) is 20.4 Å². The maximum atomic E-state index is 10.2. The highest BCUT2D eigenvalue weighted by molar-refractivity contribution is 5.92. The Morgan fingerprint density at radius 2 is 1.27 bits per heavy atom. The van der Waals surface area contributed by atoms with Gasteiger partial charge in [-0.05, 0) is 35.2 Å². The number of pyridine rings is 1. The Kier molecular flexibility index (Phi) is 10.6. The van der Waals surface area contributed by atoms with E-state index in [2.05, 4.69) is 35.0 Å². The van der Waals surface area contributed by atoms with Crippen molar-refractivity contribution < 1.29 is 70.2 Å². The molecule has 0 bridgehead atoms. The van der Waals surface area contributed by atoms with Crippen LogP contribution in [0.4, 0.5) is 0 Å². The maximum absolute atomic E-state index is 10.2. The van der Waals surface area contributed by atoms with Crippen molar-refractivity contribution in [2.75, 3.05) is 42.7 Å². The topological polar surface area (TPSA) is 151 Å². The second kappa shape index (κ2) is 14.9. The van der Waals surface area contributed by atoms with Crippen LogP contribution in [0.25, 0.3) is 44.3 Å². The third-order valence-corrected chi connectivity index (χ3v) is 8.58. The Morgan fingerprint density at radius 1 is 0.627 bits per heavy atom. The van der Waals surface area contributed by atoms with Crippen LogP contribution in [-0.2, 0) is 13.0 Å². The smallest absolute Gasteiger partial charge is 0.402 e. The average Bonchev–Trinajstić information content (AvgIpc) is 3.13. The molecule has 51 heavy (non-hydrogen) atoms. The molecule has 7 rings (SSSR count). The predicted molar refractivity (Wildman–Crippen MR) is 185 cm³/mol. The van der Waals surface area contributed by atoms with Crippen molar-refractivity contribution in [2.24, 2.45) is 0 Å². The number of hydrogen-bond donors (Lipinski definition) is 4. The number of rotatable bonds is 7. The Hall–Kier alpha value is -6.01. The molecule has 6 aromatic rings. The molecule has 0 unspecified atom stereocenters. The molecule has 0 spiro atoms. The summed E-state index contributed by atoms with van der Waals surface area (Å²) in [6.45, 7) is 0.897. The summed E-state index contributed by atoms with van der Waals surface area (Å²) >= 11 is 0. The summed E-state index contributed by atoms with van der Waals surface area (Å²) in [5.41, 5.74) is 4.15. The molecular weight excluding hydrogens is 682 g/mol. The van der Waals surface area contributed by atoms with Crippen LogP contribution in [0.5, 0.6) is 57.5 Å². The summed E-state index contributed by atoms with van der Waals surface area (Å²) in [5, 5.41) is 42.0. The fourth-order valence-electron chi connectivity index (χ4n) is 6.13. The van der Waals surface area contributed by atoms with Gasteiger partial charge in [-0.25, -0.2) is 4.42 Å². The molecule has 4 aromatic carbocycles. The summed E-state index contributed by atoms with van der Waals surface area (Å²) in [6.07, 6.45) is 3.08. The predicted octanol–water partition coefficient (Wildman–Crippen LogP) is 3.61. The molecule has 0 aliphatic carbocycles. The van der Waals surface area contributed by atoms with Crippen molar-refractivity contribution in [3.8, 4) is 80.1 Å². The van der Waals surface area contributed by atoms with Crippen molar-refractivity contribution in [2.45, 2.75) is 13.0 Å². The van der Waals surface area contributed by atoms with E-state index in [1.807, 2.05) is 6.07 Å². The van der Waals surface area contributed by atoms with E-state index < -0.39 is 0 Å². The van der Waals surface area contributed by atoms with E-state index in [1.165, 1.54) is 49.6 Å². The highest BCUT2D eigenvalue weighted by Gasteiger charge is 2.28. The highest BCUT2D eigenvalue weighted by atomic mass is 35.5. The standard InChI is InChI=1S/C21H22NO4.C17H14O7.ClH/c1-23-18-6-5-13-9-17-15-11-20(25-3)19(24-2)10-14(15)7-8-22(17)12-16(13)21(18)26-4;1-22-14-3-8(4-15(23-2)16(14)21)17-12(20)7-10-11(19)5-9(18)6-13(10)24-17;/h5-6,9-12H,7-8H2,1-4H3;3-7H,1-2H3,(H3-,18,19,20,21);1H/q+1;;. The molecule has 0 radical (unpaired) electrons. The minimum absolute atomic E-state index is 0. The molecule has 4 N–H and O–H groups in total. The summed E-state index contributed by atoms with van der Waals surface area (Å²) in [6, 6.07) is 17.0. The second-order valence-corrected chi connectivity index (χ2v) is 11.3. The molecule has 1 aliphatic rings. The SMILES string of the molecule is COc1cc(-c2[o+]c3cc(O)cc(O)c3cc2O)cc(OC)c1O.COc1cc2c(cc1OC)-c1cc3ccc(OC)c(OC)c3c[n+]1CC2.[Cl-]. The van der Waals surface area contributed by atoms with Gasteiger partial charge >= 0.3 is 11.3 Å². The number of halogens is 1. The first-order valence-corrected chi connectivity index (χ1v) is 15.4. The third-order valence-electron chi connectivity index (χ3n) is 8.58. The van der Waals surface area contributed by atoms with Crippen LogP contribution in [0.15, 0.2) is 71.3 Å². The average molecular weight is 719 g/mol. The van der Waals surface area contributed by atoms with Crippen molar-refractivity contribution in [1.29, 1.82) is 0 Å². The zero-order chi connectivity index (χ0) is 35.7. The van der Waals surface area contributed by atoms with Gasteiger partial charge in [-0.15, -0.1) is 0 Å². The van der Waals surface area contributed by atoms with Crippen LogP contribution in [0.1, 0.15) is 5.56 Å². The fourth-order valence-corrected chi connectivity index (χ4v) is 6.13. The van der Waals surface area contributed by atoms with Gasteiger partial charge in [0.2, 0.25) is 17.2 Å². The summed E-state index contributed by atoms with van der Waals surface area (Å²) < 4.78 is 40.0. The van der Waals surface area contributed by atoms with Crippen molar-refractivity contribution >= 4 is 21.7 Å². The van der Waals surface area contributed by atoms with Crippen LogP contribution in [0.2, 0.25) is 0 Å². The molecule has 0 fully saturated rings. The highest BCUT2D eigenvalue weighted by Crippen LogP contribution is 2.45. The Labute approximate surface area is 299 Å². The van der Waals surface area contributed by atoms with Gasteiger partial charge in [0.05, 0.1) is 65.2 Å². The molecule has 266 valence electrons. The first-order valence-electron chi connectivity index (χ1n) is 15.4. The number of fused-ring (bicyclic) bond motifs is 5. The number of nitrogens with zero attached hydrogens (tertiary/aromatic N) is 1. The Bertz CT molecular complexity index is 2230. The molecule has 0 saturated heterocycles. The number of aromatic hydroxyl groups is 4. The number of methoxy groups -OCH3 is 6. The molecular formula is C38H37ClNO11+. The van der Waals surface area contributed by atoms with Gasteiger partial charge in [-0.3, -0.25) is 0 Å². The number of aryl methyl sites for hydroxylation is 2. The van der Waals surface area contributed by atoms with Gasteiger partial charge in [-0.1, -0.05) is 0 Å². The number of benzene rings is 4. The fraction of sp³-hybridized carbons (Fsp3) is 0.211. The minimum Gasteiger partial charge on any atom is -1.00 e. The second-order valence-electron chi connectivity index (χ2n) is 11.3. The van der Waals surface area contributed by atoms with Gasteiger partial charge in [0.1, 0.15) is 16.9 Å². The van der Waals surface area contributed by atoms with E-state index in [1.54, 1.807) is 28.4 Å². The lowest BCUT2D eigenvalue weighted by atomic mass is 9.95. The van der Waals surface area contributed by atoms with Crippen LogP contribution in [-0.4, -0.2) is 63.1 Å². The Balaban J connectivity index is 0.000000195. The van der Waals surface area contributed by atoms with Crippen molar-refractivity contribution in [3.05, 3.63) is 72.4 Å². The van der Waals surface area contributed by atoms with Gasteiger partial charge in [0.25, 0.3) is 0 Å². The maximum Gasteiger partial charge on any atom is 0.402 e. The van der Waals surface area contributed by atoms with E-state index >= 15 is 0 Å². The zero-order valence-electron chi connectivity index (χ0n) is 28.7. The molecule has 0 saturated carbocycles.